The molecule has 41 heavy (non-hydrogen) atoms. The fourth-order valence-corrected chi connectivity index (χ4v) is 9.18. The Morgan fingerprint density at radius 1 is 1.12 bits per heavy atom. The molecule has 5 atom stereocenters. The van der Waals surface area contributed by atoms with Crippen molar-refractivity contribution in [2.45, 2.75) is 90.1 Å². The molecule has 1 aliphatic heterocycles. The van der Waals surface area contributed by atoms with E-state index in [1.54, 1.807) is 12.8 Å². The first kappa shape index (κ1) is 28.1. The first-order chi connectivity index (χ1) is 19.6. The van der Waals surface area contributed by atoms with Gasteiger partial charge in [-0.2, -0.15) is 13.2 Å². The van der Waals surface area contributed by atoms with Crippen LogP contribution < -0.4 is 4.90 Å². The fraction of sp³-hybridized carbons (Fsp3) is 0.588. The van der Waals surface area contributed by atoms with Gasteiger partial charge in [-0.1, -0.05) is 42.6 Å². The van der Waals surface area contributed by atoms with Crippen LogP contribution >= 0.6 is 0 Å². The second-order valence-corrected chi connectivity index (χ2v) is 12.9. The topological polar surface area (TPSA) is 52.9 Å². The Kier molecular flexibility index (Phi) is 7.11. The molecular formula is C34H39F3N2O2. The van der Waals surface area contributed by atoms with Crippen molar-refractivity contribution in [1.29, 1.82) is 0 Å². The van der Waals surface area contributed by atoms with Crippen molar-refractivity contribution in [1.82, 2.24) is 0 Å². The van der Waals surface area contributed by atoms with Crippen molar-refractivity contribution in [2.75, 3.05) is 18.0 Å². The van der Waals surface area contributed by atoms with Crippen LogP contribution in [0.15, 0.2) is 52.2 Å². The number of Topliss-reactive ketones (excluding diaryl/α,β-unsaturated/α-hetero) is 1. The Morgan fingerprint density at radius 3 is 2.51 bits per heavy atom. The van der Waals surface area contributed by atoms with Gasteiger partial charge < -0.3 is 10.1 Å². The number of carbonyl (C=O) groups is 1. The zero-order chi connectivity index (χ0) is 29.0. The molecule has 0 spiro atoms. The number of oxime groups is 1. The first-order valence-electron chi connectivity index (χ1n) is 15.2. The summed E-state index contributed by atoms with van der Waals surface area (Å²) in [5.74, 6) is 4.30. The summed E-state index contributed by atoms with van der Waals surface area (Å²) in [7, 11) is 0. The molecule has 2 saturated carbocycles. The van der Waals surface area contributed by atoms with E-state index >= 15 is 0 Å². The maximum atomic E-state index is 13.7. The van der Waals surface area contributed by atoms with Gasteiger partial charge in [-0.25, -0.2) is 0 Å². The predicted molar refractivity (Wildman–Crippen MR) is 154 cm³/mol. The van der Waals surface area contributed by atoms with Crippen molar-refractivity contribution >= 4 is 17.2 Å². The van der Waals surface area contributed by atoms with E-state index in [9.17, 15) is 23.2 Å². The third-order valence-corrected chi connectivity index (χ3v) is 11.1. The number of allylic oxidation sites excluding steroid dienone is 4. The minimum absolute atomic E-state index is 0.00462. The zero-order valence-electron chi connectivity index (χ0n) is 24.0. The molecule has 0 aromatic heterocycles. The standard InChI is InChI=1S/C34H39F3N2O2/c1-3-30(40)33(16-17-34(35,36)37)15-14-29-27-12-8-23-20-24(38-41)9-13-26(23)31(27)28(21-32(29,33)2)22-6-10-25(11-7-22)39-18-4-5-19-39/h6-7,10-11,20,27-29,41H,3-5,8-9,12-15,18-19,21H2,1-2H3/t27-,28+,29-,32-,33-/m0/s1. The number of rotatable bonds is 4. The van der Waals surface area contributed by atoms with E-state index in [0.29, 0.717) is 31.4 Å². The number of ketones is 1. The molecule has 218 valence electrons. The molecule has 1 saturated heterocycles. The molecule has 5 aliphatic rings. The number of alkyl halides is 3. The predicted octanol–water partition coefficient (Wildman–Crippen LogP) is 7.98. The van der Waals surface area contributed by atoms with Crippen LogP contribution in [0.4, 0.5) is 18.9 Å². The molecular weight excluding hydrogens is 525 g/mol. The zero-order valence-corrected chi connectivity index (χ0v) is 24.0. The minimum atomic E-state index is -4.64. The average molecular weight is 565 g/mol. The number of halogens is 3. The van der Waals surface area contributed by atoms with E-state index in [0.717, 1.165) is 37.9 Å². The highest BCUT2D eigenvalue weighted by Crippen LogP contribution is 2.70. The lowest BCUT2D eigenvalue weighted by molar-refractivity contribution is -0.132. The van der Waals surface area contributed by atoms with E-state index in [-0.39, 0.29) is 30.0 Å². The molecule has 0 unspecified atom stereocenters. The second-order valence-electron chi connectivity index (χ2n) is 12.9. The van der Waals surface area contributed by atoms with E-state index < -0.39 is 17.0 Å². The lowest BCUT2D eigenvalue weighted by Gasteiger charge is -2.54. The van der Waals surface area contributed by atoms with E-state index in [1.165, 1.54) is 35.2 Å². The molecule has 1 aromatic rings. The number of carbonyl (C=O) groups excluding carboxylic acids is 1. The van der Waals surface area contributed by atoms with Gasteiger partial charge in [0.15, 0.2) is 5.78 Å². The lowest BCUT2D eigenvalue weighted by atomic mass is 9.48. The number of fused-ring (bicyclic) bond motifs is 4. The van der Waals surface area contributed by atoms with Crippen LogP contribution in [0.3, 0.4) is 0 Å². The molecule has 7 heteroatoms. The van der Waals surface area contributed by atoms with Crippen molar-refractivity contribution in [3.8, 4) is 11.8 Å². The normalized spacial score (nSPS) is 34.0. The molecule has 4 nitrogen and oxygen atoms in total. The molecule has 3 fully saturated rings. The second kappa shape index (κ2) is 10.4. The van der Waals surface area contributed by atoms with Crippen LogP contribution in [-0.4, -0.2) is 36.0 Å². The smallest absolute Gasteiger partial charge is 0.411 e. The van der Waals surface area contributed by atoms with Crippen LogP contribution in [-0.2, 0) is 4.79 Å². The molecule has 1 aromatic carbocycles. The third-order valence-electron chi connectivity index (χ3n) is 11.1. The summed E-state index contributed by atoms with van der Waals surface area (Å²) in [4.78, 5) is 16.1. The number of anilines is 1. The molecule has 1 heterocycles. The fourth-order valence-electron chi connectivity index (χ4n) is 9.18. The molecule has 0 bridgehead atoms. The summed E-state index contributed by atoms with van der Waals surface area (Å²) in [6.07, 6.45) is 4.85. The molecule has 1 N–H and O–H groups in total. The van der Waals surface area contributed by atoms with Gasteiger partial charge in [0, 0.05) is 37.0 Å². The van der Waals surface area contributed by atoms with Gasteiger partial charge in [0.1, 0.15) is 0 Å². The molecule has 4 aliphatic carbocycles. The summed E-state index contributed by atoms with van der Waals surface area (Å²) in [6, 6.07) is 8.78. The van der Waals surface area contributed by atoms with Crippen LogP contribution in [0.5, 0.6) is 0 Å². The largest absolute Gasteiger partial charge is 0.457 e. The molecule has 6 rings (SSSR count). The van der Waals surface area contributed by atoms with Crippen LogP contribution in [0.25, 0.3) is 0 Å². The Balaban J connectivity index is 1.50. The quantitative estimate of drug-likeness (QED) is 0.229. The number of benzene rings is 1. The maximum absolute atomic E-state index is 13.7. The maximum Gasteiger partial charge on any atom is 0.457 e. The van der Waals surface area contributed by atoms with Crippen molar-refractivity contribution < 1.29 is 23.2 Å². The van der Waals surface area contributed by atoms with Gasteiger partial charge in [-0.3, -0.25) is 4.79 Å². The Labute approximate surface area is 240 Å². The number of hydrogen-bond acceptors (Lipinski definition) is 4. The van der Waals surface area contributed by atoms with Crippen molar-refractivity contribution in [3.05, 3.63) is 52.6 Å². The third kappa shape index (κ3) is 4.62. The van der Waals surface area contributed by atoms with Gasteiger partial charge in [0.2, 0.25) is 0 Å². The highest BCUT2D eigenvalue weighted by Gasteiger charge is 2.65. The van der Waals surface area contributed by atoms with Gasteiger partial charge in [0.25, 0.3) is 0 Å². The Bertz CT molecular complexity index is 1370. The minimum Gasteiger partial charge on any atom is -0.411 e. The first-order valence-corrected chi connectivity index (χ1v) is 15.2. The van der Waals surface area contributed by atoms with Crippen LogP contribution in [0, 0.1) is 34.5 Å². The van der Waals surface area contributed by atoms with Gasteiger partial charge in [-0.05, 0) is 110 Å². The average Bonchev–Trinajstić information content (AvgIpc) is 3.61. The van der Waals surface area contributed by atoms with E-state index in [4.69, 9.17) is 0 Å². The summed E-state index contributed by atoms with van der Waals surface area (Å²) in [6.45, 7) is 5.94. The van der Waals surface area contributed by atoms with Crippen LogP contribution in [0.1, 0.15) is 89.5 Å². The van der Waals surface area contributed by atoms with Gasteiger partial charge in [-0.15, -0.1) is 0 Å². The Hall–Kier alpha value is -3.01. The highest BCUT2D eigenvalue weighted by atomic mass is 19.4. The number of nitrogens with zero attached hydrogens (tertiary/aromatic N) is 2. The summed E-state index contributed by atoms with van der Waals surface area (Å²) < 4.78 is 40.5. The number of hydrogen-bond donors (Lipinski definition) is 1. The Morgan fingerprint density at radius 2 is 1.85 bits per heavy atom. The summed E-state index contributed by atoms with van der Waals surface area (Å²) >= 11 is 0. The summed E-state index contributed by atoms with van der Waals surface area (Å²) in [5.41, 5.74) is 5.07. The molecule has 0 radical (unpaired) electrons. The van der Waals surface area contributed by atoms with Gasteiger partial charge in [0.05, 0.1) is 11.1 Å². The SMILES string of the molecule is CCC(=O)[C@@]1(C#CC(F)(F)F)CC[C@H]2[C@@H]3CCC4=CC(=NO)CCC4=C3[C@@H](c3ccc(N4CCCC4)cc3)C[C@@]21C. The summed E-state index contributed by atoms with van der Waals surface area (Å²) in [5, 5.41) is 12.9. The highest BCUT2D eigenvalue weighted by molar-refractivity contribution is 5.97. The van der Waals surface area contributed by atoms with E-state index in [1.807, 2.05) is 6.08 Å². The van der Waals surface area contributed by atoms with Crippen molar-refractivity contribution in [2.24, 2.45) is 27.8 Å². The monoisotopic (exact) mass is 564 g/mol. The van der Waals surface area contributed by atoms with Crippen molar-refractivity contribution in [3.63, 3.8) is 0 Å². The molecule has 0 amide bonds. The van der Waals surface area contributed by atoms with E-state index in [2.05, 4.69) is 47.2 Å². The van der Waals surface area contributed by atoms with Gasteiger partial charge >= 0.3 is 6.18 Å². The lowest BCUT2D eigenvalue weighted by Crippen LogP contribution is -2.50. The van der Waals surface area contributed by atoms with Crippen LogP contribution in [0.2, 0.25) is 0 Å².